The quantitative estimate of drug-likeness (QED) is 0.883. The first-order chi connectivity index (χ1) is 9.79. The lowest BCUT2D eigenvalue weighted by molar-refractivity contribution is -0.142. The smallest absolute Gasteiger partial charge is 0.306 e. The van der Waals surface area contributed by atoms with Gasteiger partial charge in [-0.1, -0.05) is 6.07 Å². The van der Waals surface area contributed by atoms with E-state index in [4.69, 9.17) is 5.11 Å². The van der Waals surface area contributed by atoms with Crippen molar-refractivity contribution in [3.8, 4) is 0 Å². The molecule has 0 aliphatic carbocycles. The first-order valence-corrected chi connectivity index (χ1v) is 8.00. The number of carboxylic acids is 1. The molecule has 1 aromatic rings. The monoisotopic (exact) mass is 316 g/mol. The summed E-state index contributed by atoms with van der Waals surface area (Å²) in [5, 5.41) is 8.90. The Bertz CT molecular complexity index is 640. The van der Waals surface area contributed by atoms with E-state index in [1.807, 2.05) is 0 Å². The van der Waals surface area contributed by atoms with Gasteiger partial charge in [-0.2, -0.15) is 12.7 Å². The molecule has 116 valence electrons. The maximum Gasteiger partial charge on any atom is 0.306 e. The molecule has 0 amide bonds. The second-order valence-corrected chi connectivity index (χ2v) is 6.77. The molecule has 0 unspecified atom stereocenters. The molecule has 0 bridgehead atoms. The van der Waals surface area contributed by atoms with Crippen LogP contribution >= 0.6 is 0 Å². The highest BCUT2D eigenvalue weighted by Crippen LogP contribution is 2.23. The fraction of sp³-hybridized carbons (Fsp3) is 0.462. The van der Waals surface area contributed by atoms with E-state index in [0.717, 1.165) is 9.87 Å². The second-order valence-electron chi connectivity index (χ2n) is 5.10. The number of carboxylic acid groups (broad SMARTS) is 1. The van der Waals surface area contributed by atoms with Crippen LogP contribution in [0.2, 0.25) is 0 Å². The number of hydrogen-bond donors (Lipinski definition) is 2. The van der Waals surface area contributed by atoms with Gasteiger partial charge in [0.1, 0.15) is 5.82 Å². The van der Waals surface area contributed by atoms with Gasteiger partial charge in [-0.25, -0.2) is 4.39 Å². The Morgan fingerprint density at radius 1 is 1.38 bits per heavy atom. The molecular weight excluding hydrogens is 299 g/mol. The summed E-state index contributed by atoms with van der Waals surface area (Å²) < 4.78 is 41.4. The summed E-state index contributed by atoms with van der Waals surface area (Å²) in [5.74, 6) is -2.08. The van der Waals surface area contributed by atoms with E-state index in [9.17, 15) is 17.6 Å². The van der Waals surface area contributed by atoms with E-state index in [1.165, 1.54) is 12.1 Å². The Balaban J connectivity index is 2.09. The van der Waals surface area contributed by atoms with E-state index in [2.05, 4.69) is 4.72 Å². The summed E-state index contributed by atoms with van der Waals surface area (Å²) in [7, 11) is -3.87. The number of rotatable bonds is 4. The number of anilines is 1. The highest BCUT2D eigenvalue weighted by atomic mass is 32.2. The zero-order valence-corrected chi connectivity index (χ0v) is 12.4. The van der Waals surface area contributed by atoms with Crippen LogP contribution < -0.4 is 4.72 Å². The highest BCUT2D eigenvalue weighted by Gasteiger charge is 2.31. The average Bonchev–Trinajstić information content (AvgIpc) is 2.43. The second kappa shape index (κ2) is 5.98. The van der Waals surface area contributed by atoms with Gasteiger partial charge in [0.25, 0.3) is 0 Å². The van der Waals surface area contributed by atoms with Crippen LogP contribution in [0, 0.1) is 18.7 Å². The van der Waals surface area contributed by atoms with Gasteiger partial charge in [0.05, 0.1) is 11.6 Å². The summed E-state index contributed by atoms with van der Waals surface area (Å²) in [6.07, 6.45) is 0.513. The lowest BCUT2D eigenvalue weighted by atomic mass is 9.99. The van der Waals surface area contributed by atoms with Crippen molar-refractivity contribution in [1.29, 1.82) is 0 Å². The predicted molar refractivity (Wildman–Crippen MR) is 75.6 cm³/mol. The van der Waals surface area contributed by atoms with Gasteiger partial charge in [-0.15, -0.1) is 0 Å². The zero-order valence-electron chi connectivity index (χ0n) is 11.5. The Kier molecular flexibility index (Phi) is 4.48. The number of halogens is 1. The van der Waals surface area contributed by atoms with Crippen molar-refractivity contribution in [3.63, 3.8) is 0 Å². The van der Waals surface area contributed by atoms with Gasteiger partial charge in [-0.05, 0) is 37.5 Å². The molecule has 0 spiro atoms. The van der Waals surface area contributed by atoms with Gasteiger partial charge in [0, 0.05) is 13.1 Å². The molecule has 1 aliphatic rings. The van der Waals surface area contributed by atoms with Crippen LogP contribution in [-0.2, 0) is 15.0 Å². The van der Waals surface area contributed by atoms with Crippen LogP contribution in [0.3, 0.4) is 0 Å². The number of aliphatic carboxylic acids is 1. The first kappa shape index (κ1) is 15.7. The molecule has 6 nitrogen and oxygen atoms in total. The number of aryl methyl sites for hydroxylation is 1. The SMILES string of the molecule is Cc1ccc(F)c(NS(=O)(=O)N2CCC(C(=O)O)CC2)c1. The zero-order chi connectivity index (χ0) is 15.6. The van der Waals surface area contributed by atoms with E-state index >= 15 is 0 Å². The number of carbonyl (C=O) groups is 1. The maximum absolute atomic E-state index is 13.6. The molecule has 2 N–H and O–H groups in total. The normalized spacial score (nSPS) is 17.6. The van der Waals surface area contributed by atoms with Crippen molar-refractivity contribution in [2.45, 2.75) is 19.8 Å². The Morgan fingerprint density at radius 2 is 2.00 bits per heavy atom. The molecule has 8 heteroatoms. The molecule has 0 radical (unpaired) electrons. The topological polar surface area (TPSA) is 86.7 Å². The van der Waals surface area contributed by atoms with Crippen molar-refractivity contribution in [1.82, 2.24) is 4.31 Å². The van der Waals surface area contributed by atoms with Gasteiger partial charge in [0.15, 0.2) is 0 Å². The van der Waals surface area contributed by atoms with Gasteiger partial charge in [-0.3, -0.25) is 9.52 Å². The molecule has 21 heavy (non-hydrogen) atoms. The number of nitrogens with one attached hydrogen (secondary N) is 1. The number of hydrogen-bond acceptors (Lipinski definition) is 3. The standard InChI is InChI=1S/C13H17FN2O4S/c1-9-2-3-11(14)12(8-9)15-21(19,20)16-6-4-10(5-7-16)13(17)18/h2-3,8,10,15H,4-7H2,1H3,(H,17,18). The molecule has 1 aromatic carbocycles. The molecule has 0 atom stereocenters. The molecule has 1 saturated heterocycles. The van der Waals surface area contributed by atoms with Crippen molar-refractivity contribution in [3.05, 3.63) is 29.6 Å². The van der Waals surface area contributed by atoms with Gasteiger partial charge in [0.2, 0.25) is 0 Å². The Hall–Kier alpha value is -1.67. The Labute approximate surface area is 122 Å². The van der Waals surface area contributed by atoms with Crippen molar-refractivity contribution >= 4 is 21.9 Å². The van der Waals surface area contributed by atoms with Crippen LogP contribution in [0.1, 0.15) is 18.4 Å². The van der Waals surface area contributed by atoms with Crippen molar-refractivity contribution in [2.24, 2.45) is 5.92 Å². The summed E-state index contributed by atoms with van der Waals surface area (Å²) in [6.45, 7) is 1.95. The van der Waals surface area contributed by atoms with E-state index in [1.54, 1.807) is 13.0 Å². The first-order valence-electron chi connectivity index (χ1n) is 6.56. The molecule has 0 aromatic heterocycles. The average molecular weight is 316 g/mol. The summed E-state index contributed by atoms with van der Waals surface area (Å²) in [6, 6.07) is 4.16. The predicted octanol–water partition coefficient (Wildman–Crippen LogP) is 1.59. The van der Waals surface area contributed by atoms with Crippen LogP contribution in [-0.4, -0.2) is 36.9 Å². The molecule has 0 saturated carbocycles. The minimum atomic E-state index is -3.87. The molecule has 2 rings (SSSR count). The van der Waals surface area contributed by atoms with E-state index < -0.39 is 27.9 Å². The third-order valence-electron chi connectivity index (χ3n) is 3.50. The molecule has 1 heterocycles. The van der Waals surface area contributed by atoms with Crippen LogP contribution in [0.4, 0.5) is 10.1 Å². The van der Waals surface area contributed by atoms with Crippen LogP contribution in [0.5, 0.6) is 0 Å². The van der Waals surface area contributed by atoms with Crippen LogP contribution in [0.25, 0.3) is 0 Å². The summed E-state index contributed by atoms with van der Waals surface area (Å²) >= 11 is 0. The summed E-state index contributed by atoms with van der Waals surface area (Å²) in [5.41, 5.74) is 0.633. The largest absolute Gasteiger partial charge is 0.481 e. The third kappa shape index (κ3) is 3.70. The van der Waals surface area contributed by atoms with Crippen molar-refractivity contribution < 1.29 is 22.7 Å². The number of piperidine rings is 1. The number of nitrogens with zero attached hydrogens (tertiary/aromatic N) is 1. The third-order valence-corrected chi connectivity index (χ3v) is 5.03. The molecule has 1 aliphatic heterocycles. The van der Waals surface area contributed by atoms with E-state index in [-0.39, 0.29) is 31.6 Å². The minimum Gasteiger partial charge on any atom is -0.481 e. The van der Waals surface area contributed by atoms with Crippen LogP contribution in [0.15, 0.2) is 18.2 Å². The lowest BCUT2D eigenvalue weighted by Gasteiger charge is -2.29. The summed E-state index contributed by atoms with van der Waals surface area (Å²) in [4.78, 5) is 10.9. The minimum absolute atomic E-state index is 0.102. The molecule has 1 fully saturated rings. The number of benzene rings is 1. The lowest BCUT2D eigenvalue weighted by Crippen LogP contribution is -2.43. The van der Waals surface area contributed by atoms with Gasteiger partial charge < -0.3 is 5.11 Å². The fourth-order valence-electron chi connectivity index (χ4n) is 2.26. The van der Waals surface area contributed by atoms with E-state index in [0.29, 0.717) is 0 Å². The maximum atomic E-state index is 13.6. The van der Waals surface area contributed by atoms with Crippen molar-refractivity contribution in [2.75, 3.05) is 17.8 Å². The highest BCUT2D eigenvalue weighted by molar-refractivity contribution is 7.90. The fourth-order valence-corrected chi connectivity index (χ4v) is 3.52. The molecular formula is C13H17FN2O4S. The van der Waals surface area contributed by atoms with Gasteiger partial charge >= 0.3 is 16.2 Å². The Morgan fingerprint density at radius 3 is 2.57 bits per heavy atom.